The van der Waals surface area contributed by atoms with Gasteiger partial charge in [0.1, 0.15) is 5.75 Å². The highest BCUT2D eigenvalue weighted by molar-refractivity contribution is 6.00. The molecule has 2 saturated carbocycles. The Hall–Kier alpha value is -1.31. The van der Waals surface area contributed by atoms with Gasteiger partial charge in [-0.2, -0.15) is 0 Å². The van der Waals surface area contributed by atoms with Crippen LogP contribution in [0.3, 0.4) is 0 Å². The van der Waals surface area contributed by atoms with Crippen LogP contribution in [0.25, 0.3) is 0 Å². The van der Waals surface area contributed by atoms with Gasteiger partial charge < -0.3 is 4.74 Å². The highest BCUT2D eigenvalue weighted by Gasteiger charge is 2.51. The van der Waals surface area contributed by atoms with E-state index in [1.165, 1.54) is 31.2 Å². The number of fused-ring (bicyclic) bond motifs is 6. The molecule has 0 radical (unpaired) electrons. The molecule has 100 valence electrons. The van der Waals surface area contributed by atoms with E-state index in [0.717, 1.165) is 23.7 Å². The standard InChI is InChI=1S/C17H20O2/c1-19-13-5-7-15-11(9-13)4-6-14-10-2-3-12(8-10)16(14)17(15)18/h5,7,9-10,12,14,16H,2-4,6,8H2,1H3/t10-,12+,14-,16+/m1/s1. The predicted octanol–water partition coefficient (Wildman–Crippen LogP) is 3.49. The van der Waals surface area contributed by atoms with Gasteiger partial charge in [0, 0.05) is 11.5 Å². The lowest BCUT2D eigenvalue weighted by atomic mass is 9.75. The lowest BCUT2D eigenvalue weighted by Crippen LogP contribution is -2.28. The summed E-state index contributed by atoms with van der Waals surface area (Å²) in [6.07, 6.45) is 6.19. The van der Waals surface area contributed by atoms with Crippen LogP contribution in [0, 0.1) is 23.7 Å². The first-order valence-electron chi connectivity index (χ1n) is 7.49. The van der Waals surface area contributed by atoms with E-state index in [1.807, 2.05) is 12.1 Å². The SMILES string of the molecule is COc1ccc2c(c1)CC[C@@H]1[C@@H]3CC[C@@H](C3)[C@@H]1C2=O. The number of rotatable bonds is 1. The zero-order chi connectivity index (χ0) is 13.0. The van der Waals surface area contributed by atoms with Gasteiger partial charge in [-0.15, -0.1) is 0 Å². The predicted molar refractivity (Wildman–Crippen MR) is 73.5 cm³/mol. The molecular weight excluding hydrogens is 236 g/mol. The minimum Gasteiger partial charge on any atom is -0.497 e. The average molecular weight is 256 g/mol. The van der Waals surface area contributed by atoms with Crippen LogP contribution in [0.2, 0.25) is 0 Å². The molecule has 2 bridgehead atoms. The van der Waals surface area contributed by atoms with E-state index in [2.05, 4.69) is 6.07 Å². The number of hydrogen-bond acceptors (Lipinski definition) is 2. The Kier molecular flexibility index (Phi) is 2.48. The van der Waals surface area contributed by atoms with Crippen molar-refractivity contribution in [3.05, 3.63) is 29.3 Å². The fraction of sp³-hybridized carbons (Fsp3) is 0.588. The topological polar surface area (TPSA) is 26.3 Å². The molecule has 0 saturated heterocycles. The van der Waals surface area contributed by atoms with Crippen LogP contribution in [0.5, 0.6) is 5.75 Å². The largest absolute Gasteiger partial charge is 0.497 e. The monoisotopic (exact) mass is 256 g/mol. The second kappa shape index (κ2) is 4.09. The summed E-state index contributed by atoms with van der Waals surface area (Å²) in [5.41, 5.74) is 2.18. The van der Waals surface area contributed by atoms with Crippen LogP contribution in [0.15, 0.2) is 18.2 Å². The van der Waals surface area contributed by atoms with Gasteiger partial charge in [0.25, 0.3) is 0 Å². The highest BCUT2D eigenvalue weighted by Crippen LogP contribution is 2.55. The number of aryl methyl sites for hydroxylation is 1. The molecule has 3 aliphatic carbocycles. The van der Waals surface area contributed by atoms with Gasteiger partial charge in [0.2, 0.25) is 0 Å². The summed E-state index contributed by atoms with van der Waals surface area (Å²) in [7, 11) is 1.69. The molecule has 0 amide bonds. The molecule has 2 nitrogen and oxygen atoms in total. The molecule has 19 heavy (non-hydrogen) atoms. The van der Waals surface area contributed by atoms with Gasteiger partial charge in [-0.1, -0.05) is 0 Å². The molecule has 4 atom stereocenters. The van der Waals surface area contributed by atoms with Gasteiger partial charge in [-0.3, -0.25) is 4.79 Å². The molecule has 0 aromatic heterocycles. The summed E-state index contributed by atoms with van der Waals surface area (Å²) in [5.74, 6) is 3.79. The van der Waals surface area contributed by atoms with E-state index in [9.17, 15) is 4.79 Å². The van der Waals surface area contributed by atoms with Crippen molar-refractivity contribution in [3.8, 4) is 5.75 Å². The van der Waals surface area contributed by atoms with Crippen LogP contribution in [-0.4, -0.2) is 12.9 Å². The molecule has 2 heteroatoms. The number of benzene rings is 1. The van der Waals surface area contributed by atoms with Crippen molar-refractivity contribution in [3.63, 3.8) is 0 Å². The Morgan fingerprint density at radius 3 is 2.84 bits per heavy atom. The molecule has 0 N–H and O–H groups in total. The van der Waals surface area contributed by atoms with Crippen LogP contribution in [-0.2, 0) is 6.42 Å². The molecule has 1 aromatic rings. The summed E-state index contributed by atoms with van der Waals surface area (Å²) >= 11 is 0. The second-order valence-corrected chi connectivity index (χ2v) is 6.45. The fourth-order valence-electron chi connectivity index (χ4n) is 4.88. The Morgan fingerprint density at radius 1 is 1.16 bits per heavy atom. The highest BCUT2D eigenvalue weighted by atomic mass is 16.5. The zero-order valence-corrected chi connectivity index (χ0v) is 11.4. The maximum Gasteiger partial charge on any atom is 0.166 e. The van der Waals surface area contributed by atoms with Crippen LogP contribution in [0.4, 0.5) is 0 Å². The van der Waals surface area contributed by atoms with E-state index in [0.29, 0.717) is 23.5 Å². The van der Waals surface area contributed by atoms with Gasteiger partial charge >= 0.3 is 0 Å². The number of carbonyl (C=O) groups is 1. The molecule has 2 fully saturated rings. The number of Topliss-reactive ketones (excluding diaryl/α,β-unsaturated/α-hetero) is 1. The zero-order valence-electron chi connectivity index (χ0n) is 11.4. The van der Waals surface area contributed by atoms with Crippen molar-refractivity contribution in [2.24, 2.45) is 23.7 Å². The minimum atomic E-state index is 0.327. The number of hydrogen-bond donors (Lipinski definition) is 0. The summed E-state index contributed by atoms with van der Waals surface area (Å²) in [6.45, 7) is 0. The summed E-state index contributed by atoms with van der Waals surface area (Å²) in [6, 6.07) is 5.99. The van der Waals surface area contributed by atoms with Crippen molar-refractivity contribution in [1.82, 2.24) is 0 Å². The molecular formula is C17H20O2. The number of methoxy groups -OCH3 is 1. The van der Waals surface area contributed by atoms with Gasteiger partial charge in [0.05, 0.1) is 7.11 Å². The van der Waals surface area contributed by atoms with Gasteiger partial charge in [0.15, 0.2) is 5.78 Å². The first kappa shape index (κ1) is 11.5. The van der Waals surface area contributed by atoms with E-state index < -0.39 is 0 Å². The Labute approximate surface area is 114 Å². The van der Waals surface area contributed by atoms with Crippen molar-refractivity contribution in [2.75, 3.05) is 7.11 Å². The maximum atomic E-state index is 12.9. The normalized spacial score (nSPS) is 35.7. The van der Waals surface area contributed by atoms with Crippen molar-refractivity contribution < 1.29 is 9.53 Å². The van der Waals surface area contributed by atoms with Gasteiger partial charge in [-0.05, 0) is 73.6 Å². The Morgan fingerprint density at radius 2 is 2.00 bits per heavy atom. The lowest BCUT2D eigenvalue weighted by molar-refractivity contribution is 0.0810. The molecule has 3 aliphatic rings. The third-order valence-electron chi connectivity index (χ3n) is 5.72. The smallest absolute Gasteiger partial charge is 0.166 e. The van der Waals surface area contributed by atoms with Crippen molar-refractivity contribution in [1.29, 1.82) is 0 Å². The summed E-state index contributed by atoms with van der Waals surface area (Å²) < 4.78 is 5.29. The quantitative estimate of drug-likeness (QED) is 0.769. The van der Waals surface area contributed by atoms with Crippen molar-refractivity contribution >= 4 is 5.78 Å². The number of carbonyl (C=O) groups excluding carboxylic acids is 1. The summed E-state index contributed by atoms with van der Waals surface area (Å²) in [5, 5.41) is 0. The van der Waals surface area contributed by atoms with E-state index >= 15 is 0 Å². The second-order valence-electron chi connectivity index (χ2n) is 6.45. The van der Waals surface area contributed by atoms with Crippen LogP contribution < -0.4 is 4.74 Å². The van der Waals surface area contributed by atoms with E-state index in [-0.39, 0.29) is 0 Å². The first-order valence-corrected chi connectivity index (χ1v) is 7.49. The van der Waals surface area contributed by atoms with Crippen molar-refractivity contribution in [2.45, 2.75) is 32.1 Å². The molecule has 0 spiro atoms. The minimum absolute atomic E-state index is 0.327. The molecule has 4 rings (SSSR count). The fourth-order valence-corrected chi connectivity index (χ4v) is 4.88. The third kappa shape index (κ3) is 1.58. The van der Waals surface area contributed by atoms with Gasteiger partial charge in [-0.25, -0.2) is 0 Å². The van der Waals surface area contributed by atoms with Crippen LogP contribution in [0.1, 0.15) is 41.6 Å². The number of ketones is 1. The van der Waals surface area contributed by atoms with E-state index in [1.54, 1.807) is 7.11 Å². The molecule has 0 heterocycles. The number of ether oxygens (including phenoxy) is 1. The molecule has 1 aromatic carbocycles. The van der Waals surface area contributed by atoms with Crippen LogP contribution >= 0.6 is 0 Å². The first-order chi connectivity index (χ1) is 9.28. The lowest BCUT2D eigenvalue weighted by Gasteiger charge is -2.28. The molecule has 0 unspecified atom stereocenters. The average Bonchev–Trinajstić information content (AvgIpc) is 3.01. The van der Waals surface area contributed by atoms with E-state index in [4.69, 9.17) is 4.74 Å². The molecule has 0 aliphatic heterocycles. The third-order valence-corrected chi connectivity index (χ3v) is 5.72. The maximum absolute atomic E-state index is 12.9. The Bertz CT molecular complexity index is 534. The Balaban J connectivity index is 1.76. The summed E-state index contributed by atoms with van der Waals surface area (Å²) in [4.78, 5) is 12.9.